The summed E-state index contributed by atoms with van der Waals surface area (Å²) in [4.78, 5) is 21.6. The number of amides is 1. The third-order valence-corrected chi connectivity index (χ3v) is 6.81. The fourth-order valence-electron chi connectivity index (χ4n) is 3.96. The molecule has 1 unspecified atom stereocenters. The monoisotopic (exact) mass is 486 g/mol. The molecule has 1 amide bonds. The number of hydrogen-bond donors (Lipinski definition) is 2. The standard InChI is InChI=1S/C19H19FN3OP.C5H9NO3/c1-12-4-2-5-13-15(10-12)21-18(17-14(20)6-3-7-16(17)24)22-19(13)23-8-9-25-11-23;6-5(7)9-4-1-2-8-3-4/h3-7,10,24-25H,2,8-9,11H2,1H3;4H,1-3H2,(H2,6,7)/t;4-/m.0/s1. The molecule has 3 N–H and O–H groups in total. The molecule has 0 saturated carbocycles. The average Bonchev–Trinajstić information content (AvgIpc) is 3.46. The van der Waals surface area contributed by atoms with E-state index in [1.165, 1.54) is 18.2 Å². The molecular formula is C24H28FN4O4P. The third-order valence-electron chi connectivity index (χ3n) is 5.63. The van der Waals surface area contributed by atoms with Crippen LogP contribution in [0.25, 0.3) is 23.5 Å². The quantitative estimate of drug-likeness (QED) is 0.640. The molecular weight excluding hydrogens is 458 g/mol. The smallest absolute Gasteiger partial charge is 0.404 e. The van der Waals surface area contributed by atoms with Gasteiger partial charge in [0.05, 0.1) is 24.1 Å². The summed E-state index contributed by atoms with van der Waals surface area (Å²) in [5, 5.41) is 11.9. The summed E-state index contributed by atoms with van der Waals surface area (Å²) in [5.74, 6) is 0.420. The number of nitrogens with zero attached hydrogens (tertiary/aromatic N) is 3. The van der Waals surface area contributed by atoms with E-state index in [-0.39, 0.29) is 23.2 Å². The van der Waals surface area contributed by atoms with Crippen LogP contribution in [0.2, 0.25) is 0 Å². The molecule has 2 aliphatic heterocycles. The Labute approximate surface area is 198 Å². The minimum Gasteiger partial charge on any atom is -0.507 e. The van der Waals surface area contributed by atoms with Crippen molar-refractivity contribution in [2.45, 2.75) is 25.9 Å². The van der Waals surface area contributed by atoms with Gasteiger partial charge in [0.25, 0.3) is 0 Å². The number of aromatic hydroxyl groups is 1. The lowest BCUT2D eigenvalue weighted by Gasteiger charge is -2.18. The van der Waals surface area contributed by atoms with Crippen molar-refractivity contribution in [1.82, 2.24) is 9.97 Å². The topological polar surface area (TPSA) is 111 Å². The number of phenolic OH excluding ortho intramolecular Hbond substituents is 1. The molecule has 180 valence electrons. The Morgan fingerprint density at radius 3 is 2.88 bits per heavy atom. The Balaban J connectivity index is 0.000000257. The molecule has 3 aliphatic rings. The van der Waals surface area contributed by atoms with Crippen molar-refractivity contribution in [1.29, 1.82) is 0 Å². The van der Waals surface area contributed by atoms with Crippen LogP contribution in [0.1, 0.15) is 19.8 Å². The lowest BCUT2D eigenvalue weighted by Crippen LogP contribution is -2.37. The molecule has 0 spiro atoms. The molecule has 0 bridgehead atoms. The zero-order valence-corrected chi connectivity index (χ0v) is 20.0. The number of allylic oxidation sites excluding steroid dienone is 2. The molecule has 2 atom stereocenters. The number of carbonyl (C=O) groups is 1. The number of halogens is 1. The van der Waals surface area contributed by atoms with Crippen molar-refractivity contribution < 1.29 is 23.8 Å². The van der Waals surface area contributed by atoms with Crippen LogP contribution >= 0.6 is 8.58 Å². The number of rotatable bonds is 3. The Hall–Kier alpha value is -3.03. The van der Waals surface area contributed by atoms with Crippen molar-refractivity contribution in [3.63, 3.8) is 0 Å². The highest BCUT2D eigenvalue weighted by molar-refractivity contribution is 7.38. The molecule has 2 saturated heterocycles. The molecule has 2 fully saturated rings. The van der Waals surface area contributed by atoms with E-state index < -0.39 is 11.9 Å². The number of phenols is 1. The van der Waals surface area contributed by atoms with E-state index in [2.05, 4.69) is 31.8 Å². The van der Waals surface area contributed by atoms with Crippen LogP contribution in [-0.4, -0.2) is 59.5 Å². The van der Waals surface area contributed by atoms with E-state index in [9.17, 15) is 14.3 Å². The first-order chi connectivity index (χ1) is 16.4. The summed E-state index contributed by atoms with van der Waals surface area (Å²) >= 11 is 0. The second-order valence-electron chi connectivity index (χ2n) is 8.18. The van der Waals surface area contributed by atoms with Crippen molar-refractivity contribution >= 4 is 32.6 Å². The van der Waals surface area contributed by atoms with Crippen LogP contribution in [0, 0.1) is 5.82 Å². The molecule has 2 aromatic rings. The van der Waals surface area contributed by atoms with E-state index >= 15 is 0 Å². The second-order valence-corrected chi connectivity index (χ2v) is 9.50. The van der Waals surface area contributed by atoms with E-state index in [4.69, 9.17) is 10.5 Å². The summed E-state index contributed by atoms with van der Waals surface area (Å²) in [5.41, 5.74) is 5.94. The van der Waals surface area contributed by atoms with E-state index in [0.717, 1.165) is 62.4 Å². The molecule has 1 aliphatic carbocycles. The second kappa shape index (κ2) is 10.9. The Kier molecular flexibility index (Phi) is 7.75. The van der Waals surface area contributed by atoms with Crippen LogP contribution in [-0.2, 0) is 9.47 Å². The van der Waals surface area contributed by atoms with Crippen LogP contribution in [0.3, 0.4) is 0 Å². The van der Waals surface area contributed by atoms with E-state index in [1.807, 2.05) is 13.0 Å². The van der Waals surface area contributed by atoms with Gasteiger partial charge in [0.1, 0.15) is 23.5 Å². The highest BCUT2D eigenvalue weighted by atomic mass is 31.1. The average molecular weight is 486 g/mol. The van der Waals surface area contributed by atoms with Gasteiger partial charge in [-0.25, -0.2) is 19.2 Å². The lowest BCUT2D eigenvalue weighted by molar-refractivity contribution is 0.0900. The first kappa shape index (κ1) is 24.1. The molecule has 8 nitrogen and oxygen atoms in total. The van der Waals surface area contributed by atoms with Crippen molar-refractivity contribution in [3.05, 3.63) is 46.2 Å². The van der Waals surface area contributed by atoms with Gasteiger partial charge in [-0.2, -0.15) is 0 Å². The van der Waals surface area contributed by atoms with Gasteiger partial charge >= 0.3 is 6.09 Å². The maximum Gasteiger partial charge on any atom is 0.404 e. The first-order valence-corrected chi connectivity index (χ1v) is 12.6. The van der Waals surface area contributed by atoms with Crippen LogP contribution in [0.5, 0.6) is 5.75 Å². The van der Waals surface area contributed by atoms with Gasteiger partial charge in [-0.15, -0.1) is 0 Å². The predicted molar refractivity (Wildman–Crippen MR) is 131 cm³/mol. The summed E-state index contributed by atoms with van der Waals surface area (Å²) in [6.07, 6.45) is 9.15. The predicted octanol–water partition coefficient (Wildman–Crippen LogP) is 2.23. The minimum atomic E-state index is -0.717. The van der Waals surface area contributed by atoms with Gasteiger partial charge in [0.15, 0.2) is 5.82 Å². The zero-order chi connectivity index (χ0) is 24.1. The highest BCUT2D eigenvalue weighted by Crippen LogP contribution is 2.30. The lowest BCUT2D eigenvalue weighted by atomic mass is 10.1. The van der Waals surface area contributed by atoms with Gasteiger partial charge in [0, 0.05) is 24.5 Å². The van der Waals surface area contributed by atoms with Crippen molar-refractivity contribution in [3.8, 4) is 17.1 Å². The molecule has 3 heterocycles. The number of nitrogens with two attached hydrogens (primary N) is 1. The Morgan fingerprint density at radius 2 is 2.21 bits per heavy atom. The fourth-order valence-corrected chi connectivity index (χ4v) is 5.13. The highest BCUT2D eigenvalue weighted by Gasteiger charge is 2.21. The molecule has 1 aromatic heterocycles. The van der Waals surface area contributed by atoms with E-state index in [1.54, 1.807) is 0 Å². The van der Waals surface area contributed by atoms with Gasteiger partial charge < -0.3 is 25.2 Å². The summed E-state index contributed by atoms with van der Waals surface area (Å²) in [6, 6.07) is 4.26. The van der Waals surface area contributed by atoms with Crippen LogP contribution < -0.4 is 21.2 Å². The Morgan fingerprint density at radius 1 is 1.35 bits per heavy atom. The number of hydrogen-bond acceptors (Lipinski definition) is 7. The SMILES string of the molecule is CC1=CCC=c2c(N3CCPC3)nc(-c3c(O)cccc3F)nc2=C1.NC(=O)O[C@H]1CCOC1. The third kappa shape index (κ3) is 5.72. The summed E-state index contributed by atoms with van der Waals surface area (Å²) < 4.78 is 23.9. The number of benzene rings is 1. The molecule has 0 radical (unpaired) electrons. The normalized spacial score (nSPS) is 19.8. The van der Waals surface area contributed by atoms with Gasteiger partial charge in [-0.1, -0.05) is 32.4 Å². The number of ether oxygens (including phenoxy) is 2. The number of aromatic nitrogens is 2. The van der Waals surface area contributed by atoms with Crippen molar-refractivity contribution in [2.24, 2.45) is 5.73 Å². The van der Waals surface area contributed by atoms with Crippen LogP contribution in [0.4, 0.5) is 15.0 Å². The molecule has 34 heavy (non-hydrogen) atoms. The largest absolute Gasteiger partial charge is 0.507 e. The Bertz CT molecular complexity index is 1190. The van der Waals surface area contributed by atoms with Crippen molar-refractivity contribution in [2.75, 3.05) is 37.1 Å². The fraction of sp³-hybridized carbons (Fsp3) is 0.375. The molecule has 10 heteroatoms. The number of anilines is 1. The maximum absolute atomic E-state index is 14.4. The first-order valence-electron chi connectivity index (χ1n) is 11.2. The van der Waals surface area contributed by atoms with E-state index in [0.29, 0.717) is 13.2 Å². The summed E-state index contributed by atoms with van der Waals surface area (Å²) in [7, 11) is 0.885. The van der Waals surface area contributed by atoms with Crippen LogP contribution in [0.15, 0.2) is 29.8 Å². The maximum atomic E-state index is 14.4. The zero-order valence-electron chi connectivity index (χ0n) is 19.0. The van der Waals surface area contributed by atoms with Gasteiger partial charge in [-0.05, 0) is 37.7 Å². The number of carbonyl (C=O) groups excluding carboxylic acids is 1. The summed E-state index contributed by atoms with van der Waals surface area (Å²) in [6.45, 7) is 4.13. The minimum absolute atomic E-state index is 0.0625. The van der Waals surface area contributed by atoms with Gasteiger partial charge in [0.2, 0.25) is 0 Å². The molecule has 5 rings (SSSR count). The van der Waals surface area contributed by atoms with Gasteiger partial charge in [-0.3, -0.25) is 0 Å². The molecule has 1 aromatic carbocycles. The number of fused-ring (bicyclic) bond motifs is 1. The number of primary amides is 1.